The number of halogens is 2. The smallest absolute Gasteiger partial charge is 0.229 e. The lowest BCUT2D eigenvalue weighted by atomic mass is 9.91. The molecule has 2 aliphatic rings. The van der Waals surface area contributed by atoms with Gasteiger partial charge in [0.1, 0.15) is 18.1 Å². The molecule has 0 aliphatic carbocycles. The summed E-state index contributed by atoms with van der Waals surface area (Å²) in [6.45, 7) is 8.04. The Bertz CT molecular complexity index is 1180. The van der Waals surface area contributed by atoms with Gasteiger partial charge in [0.25, 0.3) is 0 Å². The lowest BCUT2D eigenvalue weighted by Gasteiger charge is -2.33. The number of anilines is 3. The number of ether oxygens (including phenoxy) is 1. The first-order valence-electron chi connectivity index (χ1n) is 12.2. The molecule has 0 bridgehead atoms. The minimum absolute atomic E-state index is 0.0191. The topological polar surface area (TPSA) is 75.2 Å². The highest BCUT2D eigenvalue weighted by atomic mass is 19.1. The SMILES string of the molecule is CC(C)CN1CCOc2c(F)cc(-c3nc(Nc4ccc(C5CCNCC5)cn4)ncc3F)cc21. The molecule has 0 atom stereocenters. The largest absolute Gasteiger partial charge is 0.486 e. The highest BCUT2D eigenvalue weighted by Gasteiger charge is 2.25. The second-order valence-corrected chi connectivity index (χ2v) is 9.51. The molecule has 0 spiro atoms. The predicted octanol–water partition coefficient (Wildman–Crippen LogP) is 4.88. The Kier molecular flexibility index (Phi) is 6.77. The average molecular weight is 481 g/mol. The highest BCUT2D eigenvalue weighted by molar-refractivity contribution is 5.72. The molecular weight excluding hydrogens is 450 g/mol. The average Bonchev–Trinajstić information content (AvgIpc) is 2.86. The molecule has 1 saturated heterocycles. The molecular formula is C26H30F2N6O. The van der Waals surface area contributed by atoms with Crippen molar-refractivity contribution in [3.63, 3.8) is 0 Å². The van der Waals surface area contributed by atoms with Gasteiger partial charge in [-0.1, -0.05) is 19.9 Å². The molecule has 5 rings (SSSR count). The van der Waals surface area contributed by atoms with Gasteiger partial charge in [-0.25, -0.2) is 23.7 Å². The Labute approximate surface area is 204 Å². The van der Waals surface area contributed by atoms with E-state index in [1.165, 1.54) is 11.6 Å². The highest BCUT2D eigenvalue weighted by Crippen LogP contribution is 2.39. The van der Waals surface area contributed by atoms with Crippen molar-refractivity contribution < 1.29 is 13.5 Å². The number of nitrogens with zero attached hydrogens (tertiary/aromatic N) is 4. The van der Waals surface area contributed by atoms with Gasteiger partial charge in [0.15, 0.2) is 17.4 Å². The standard InChI is InChI=1S/C26H30F2N6O/c1-16(2)15-34-9-10-35-25-20(27)11-19(12-22(25)34)24-21(28)14-31-26(33-24)32-23-4-3-18(13-30-23)17-5-7-29-8-6-17/h3-4,11-14,16-17,29H,5-10,15H2,1-2H3,(H,30,31,32,33). The van der Waals surface area contributed by atoms with Crippen LogP contribution in [0.3, 0.4) is 0 Å². The Morgan fingerprint density at radius 3 is 2.69 bits per heavy atom. The Morgan fingerprint density at radius 2 is 1.94 bits per heavy atom. The van der Waals surface area contributed by atoms with Crippen molar-refractivity contribution in [3.05, 3.63) is 53.9 Å². The van der Waals surface area contributed by atoms with E-state index in [-0.39, 0.29) is 17.4 Å². The summed E-state index contributed by atoms with van der Waals surface area (Å²) in [6, 6.07) is 6.93. The van der Waals surface area contributed by atoms with Crippen molar-refractivity contribution in [1.82, 2.24) is 20.3 Å². The third kappa shape index (κ3) is 5.19. The minimum Gasteiger partial charge on any atom is -0.486 e. The third-order valence-corrected chi connectivity index (χ3v) is 6.41. The summed E-state index contributed by atoms with van der Waals surface area (Å²) in [5.74, 6) is 0.680. The minimum atomic E-state index is -0.628. The molecule has 1 aromatic carbocycles. The van der Waals surface area contributed by atoms with Crippen molar-refractivity contribution in [2.75, 3.05) is 43.0 Å². The number of hydrogen-bond acceptors (Lipinski definition) is 7. The molecule has 4 heterocycles. The van der Waals surface area contributed by atoms with Crippen LogP contribution in [0.4, 0.5) is 26.2 Å². The molecule has 3 aromatic rings. The molecule has 2 aromatic heterocycles. The maximum atomic E-state index is 15.0. The fraction of sp³-hybridized carbons (Fsp3) is 0.423. The normalized spacial score (nSPS) is 16.2. The van der Waals surface area contributed by atoms with Gasteiger partial charge in [-0.15, -0.1) is 0 Å². The van der Waals surface area contributed by atoms with E-state index in [0.717, 1.165) is 38.7 Å². The van der Waals surface area contributed by atoms with Crippen molar-refractivity contribution >= 4 is 17.5 Å². The zero-order valence-electron chi connectivity index (χ0n) is 20.0. The number of rotatable bonds is 6. The molecule has 1 fully saturated rings. The number of aromatic nitrogens is 3. The quantitative estimate of drug-likeness (QED) is 0.521. The van der Waals surface area contributed by atoms with E-state index in [1.54, 1.807) is 6.07 Å². The summed E-state index contributed by atoms with van der Waals surface area (Å²) in [4.78, 5) is 15.0. The van der Waals surface area contributed by atoms with E-state index >= 15 is 0 Å². The van der Waals surface area contributed by atoms with Gasteiger partial charge in [0.2, 0.25) is 5.95 Å². The molecule has 0 unspecified atom stereocenters. The van der Waals surface area contributed by atoms with E-state index in [0.29, 0.717) is 42.1 Å². The van der Waals surface area contributed by atoms with Crippen LogP contribution in [0.1, 0.15) is 38.2 Å². The van der Waals surface area contributed by atoms with Crippen LogP contribution in [0.15, 0.2) is 36.7 Å². The van der Waals surface area contributed by atoms with Gasteiger partial charge in [-0.3, -0.25) is 0 Å². The Balaban J connectivity index is 1.40. The molecule has 7 nitrogen and oxygen atoms in total. The summed E-state index contributed by atoms with van der Waals surface area (Å²) in [5.41, 5.74) is 2.17. The third-order valence-electron chi connectivity index (χ3n) is 6.41. The van der Waals surface area contributed by atoms with Crippen LogP contribution in [0.2, 0.25) is 0 Å². The van der Waals surface area contributed by atoms with Crippen molar-refractivity contribution in [3.8, 4) is 17.0 Å². The summed E-state index contributed by atoms with van der Waals surface area (Å²) < 4.78 is 35.3. The summed E-state index contributed by atoms with van der Waals surface area (Å²) >= 11 is 0. The lowest BCUT2D eigenvalue weighted by Crippen LogP contribution is -2.35. The number of nitrogens with one attached hydrogen (secondary N) is 2. The number of hydrogen-bond donors (Lipinski definition) is 2. The maximum Gasteiger partial charge on any atom is 0.229 e. The molecule has 9 heteroatoms. The Hall–Kier alpha value is -3.33. The van der Waals surface area contributed by atoms with Gasteiger partial charge in [0, 0.05) is 18.3 Å². The fourth-order valence-corrected chi connectivity index (χ4v) is 4.72. The van der Waals surface area contributed by atoms with Gasteiger partial charge >= 0.3 is 0 Å². The number of piperidine rings is 1. The fourth-order valence-electron chi connectivity index (χ4n) is 4.72. The maximum absolute atomic E-state index is 15.0. The van der Waals surface area contributed by atoms with Crippen LogP contribution in [0.25, 0.3) is 11.3 Å². The summed E-state index contributed by atoms with van der Waals surface area (Å²) in [7, 11) is 0. The van der Waals surface area contributed by atoms with E-state index in [9.17, 15) is 8.78 Å². The number of fused-ring (bicyclic) bond motifs is 1. The van der Waals surface area contributed by atoms with E-state index in [2.05, 4.69) is 50.4 Å². The number of benzene rings is 1. The van der Waals surface area contributed by atoms with Gasteiger partial charge in [-0.2, -0.15) is 0 Å². The number of pyridine rings is 1. The monoisotopic (exact) mass is 480 g/mol. The summed E-state index contributed by atoms with van der Waals surface area (Å²) in [5, 5.41) is 6.41. The molecule has 2 N–H and O–H groups in total. The first kappa shape index (κ1) is 23.4. The zero-order valence-corrected chi connectivity index (χ0v) is 20.0. The van der Waals surface area contributed by atoms with Crippen LogP contribution in [0.5, 0.6) is 5.75 Å². The van der Waals surface area contributed by atoms with E-state index in [4.69, 9.17) is 4.74 Å². The second kappa shape index (κ2) is 10.1. The van der Waals surface area contributed by atoms with Gasteiger partial charge < -0.3 is 20.3 Å². The summed E-state index contributed by atoms with van der Waals surface area (Å²) in [6.07, 6.45) is 5.14. The van der Waals surface area contributed by atoms with E-state index in [1.807, 2.05) is 12.3 Å². The molecule has 0 saturated carbocycles. The van der Waals surface area contributed by atoms with Crippen LogP contribution in [0, 0.1) is 17.6 Å². The molecule has 0 amide bonds. The van der Waals surface area contributed by atoms with E-state index < -0.39 is 11.6 Å². The van der Waals surface area contributed by atoms with Gasteiger partial charge in [-0.05, 0) is 61.5 Å². The van der Waals surface area contributed by atoms with Crippen molar-refractivity contribution in [2.24, 2.45) is 5.92 Å². The first-order valence-corrected chi connectivity index (χ1v) is 12.2. The predicted molar refractivity (Wildman–Crippen MR) is 132 cm³/mol. The van der Waals surface area contributed by atoms with Crippen molar-refractivity contribution in [1.29, 1.82) is 0 Å². The first-order chi connectivity index (χ1) is 17.0. The molecule has 0 radical (unpaired) electrons. The molecule has 184 valence electrons. The van der Waals surface area contributed by atoms with Crippen LogP contribution >= 0.6 is 0 Å². The van der Waals surface area contributed by atoms with Gasteiger partial charge in [0.05, 0.1) is 18.4 Å². The van der Waals surface area contributed by atoms with Crippen LogP contribution in [-0.2, 0) is 0 Å². The zero-order chi connectivity index (χ0) is 24.4. The van der Waals surface area contributed by atoms with Crippen molar-refractivity contribution in [2.45, 2.75) is 32.6 Å². The lowest BCUT2D eigenvalue weighted by molar-refractivity contribution is 0.289. The molecule has 35 heavy (non-hydrogen) atoms. The Morgan fingerprint density at radius 1 is 1.11 bits per heavy atom. The van der Waals surface area contributed by atoms with Crippen LogP contribution < -0.4 is 20.3 Å². The molecule has 2 aliphatic heterocycles. The van der Waals surface area contributed by atoms with Crippen LogP contribution in [-0.4, -0.2) is 47.7 Å². The second-order valence-electron chi connectivity index (χ2n) is 9.51.